The summed E-state index contributed by atoms with van der Waals surface area (Å²) in [6, 6.07) is 0. The number of nitrogens with zero attached hydrogens (tertiary/aromatic N) is 1. The normalized spacial score (nSPS) is 11.9. The quantitative estimate of drug-likeness (QED) is 0.746. The molecule has 0 saturated carbocycles. The molecular weight excluding hydrogens is 226 g/mol. The van der Waals surface area contributed by atoms with Gasteiger partial charge in [0.25, 0.3) is 0 Å². The van der Waals surface area contributed by atoms with Crippen LogP contribution in [0.4, 0.5) is 0 Å². The van der Waals surface area contributed by atoms with Gasteiger partial charge in [0.1, 0.15) is 4.90 Å². The number of rotatable bonds is 6. The molecule has 0 amide bonds. The van der Waals surface area contributed by atoms with Gasteiger partial charge in [0.15, 0.2) is 0 Å². The summed E-state index contributed by atoms with van der Waals surface area (Å²) < 4.78 is 26.4. The molecule has 0 atom stereocenters. The van der Waals surface area contributed by atoms with E-state index in [9.17, 15) is 8.42 Å². The Morgan fingerprint density at radius 1 is 1.31 bits per heavy atom. The maximum absolute atomic E-state index is 11.9. The van der Waals surface area contributed by atoms with Gasteiger partial charge in [-0.15, -0.1) is 0 Å². The minimum absolute atomic E-state index is 0.281. The van der Waals surface area contributed by atoms with Crippen molar-refractivity contribution in [3.63, 3.8) is 0 Å². The van der Waals surface area contributed by atoms with Gasteiger partial charge in [-0.2, -0.15) is 5.10 Å². The van der Waals surface area contributed by atoms with Crippen LogP contribution in [0.25, 0.3) is 0 Å². The monoisotopic (exact) mass is 245 g/mol. The summed E-state index contributed by atoms with van der Waals surface area (Å²) in [4.78, 5) is 0.281. The van der Waals surface area contributed by atoms with Gasteiger partial charge in [0, 0.05) is 6.54 Å². The molecule has 1 heterocycles. The van der Waals surface area contributed by atoms with Crippen molar-refractivity contribution >= 4 is 10.0 Å². The molecule has 92 valence electrons. The summed E-state index contributed by atoms with van der Waals surface area (Å²) in [7, 11) is -3.40. The van der Waals surface area contributed by atoms with Crippen molar-refractivity contribution in [1.29, 1.82) is 0 Å². The van der Waals surface area contributed by atoms with Crippen molar-refractivity contribution in [2.75, 3.05) is 6.54 Å². The van der Waals surface area contributed by atoms with E-state index in [1.54, 1.807) is 13.8 Å². The number of hydrogen-bond acceptors (Lipinski definition) is 3. The zero-order valence-electron chi connectivity index (χ0n) is 10.0. The number of hydrogen-bond donors (Lipinski definition) is 2. The molecule has 0 spiro atoms. The first-order valence-corrected chi connectivity index (χ1v) is 6.98. The number of nitrogens with one attached hydrogen (secondary N) is 2. The second-order valence-corrected chi connectivity index (χ2v) is 5.57. The Hall–Kier alpha value is -0.880. The smallest absolute Gasteiger partial charge is 0.244 e. The van der Waals surface area contributed by atoms with Gasteiger partial charge in [-0.1, -0.05) is 19.8 Å². The van der Waals surface area contributed by atoms with Gasteiger partial charge in [-0.3, -0.25) is 5.10 Å². The molecule has 1 aromatic heterocycles. The average molecular weight is 245 g/mol. The largest absolute Gasteiger partial charge is 0.281 e. The predicted octanol–water partition coefficient (Wildman–Crippen LogP) is 1.50. The van der Waals surface area contributed by atoms with Gasteiger partial charge in [-0.05, 0) is 20.3 Å². The number of sulfonamides is 1. The van der Waals surface area contributed by atoms with Crippen LogP contribution in [0.5, 0.6) is 0 Å². The Kier molecular flexibility index (Phi) is 4.49. The fourth-order valence-electron chi connectivity index (χ4n) is 1.59. The van der Waals surface area contributed by atoms with Crippen LogP contribution in [0.3, 0.4) is 0 Å². The summed E-state index contributed by atoms with van der Waals surface area (Å²) in [6.07, 6.45) is 2.98. The molecular formula is C10H19N3O2S. The summed E-state index contributed by atoms with van der Waals surface area (Å²) in [6.45, 7) is 5.96. The number of unbranched alkanes of at least 4 members (excludes halogenated alkanes) is 2. The van der Waals surface area contributed by atoms with E-state index < -0.39 is 10.0 Å². The first-order chi connectivity index (χ1) is 7.49. The van der Waals surface area contributed by atoms with Crippen LogP contribution >= 0.6 is 0 Å². The SMILES string of the molecule is CCCCCNS(=O)(=O)c1c(C)n[nH]c1C. The molecule has 6 heteroatoms. The first kappa shape index (κ1) is 13.2. The van der Waals surface area contributed by atoms with E-state index in [-0.39, 0.29) is 4.90 Å². The average Bonchev–Trinajstić information content (AvgIpc) is 2.54. The number of aryl methyl sites for hydroxylation is 2. The summed E-state index contributed by atoms with van der Waals surface area (Å²) in [5, 5.41) is 6.56. The third-order valence-corrected chi connectivity index (χ3v) is 4.12. The van der Waals surface area contributed by atoms with Crippen molar-refractivity contribution in [2.24, 2.45) is 0 Å². The summed E-state index contributed by atoms with van der Waals surface area (Å²) in [5.41, 5.74) is 1.10. The van der Waals surface area contributed by atoms with E-state index in [0.29, 0.717) is 17.9 Å². The predicted molar refractivity (Wildman–Crippen MR) is 62.8 cm³/mol. The van der Waals surface area contributed by atoms with Gasteiger partial charge >= 0.3 is 0 Å². The van der Waals surface area contributed by atoms with E-state index >= 15 is 0 Å². The van der Waals surface area contributed by atoms with Crippen LogP contribution in [0.2, 0.25) is 0 Å². The lowest BCUT2D eigenvalue weighted by Crippen LogP contribution is -2.25. The lowest BCUT2D eigenvalue weighted by Gasteiger charge is -2.06. The van der Waals surface area contributed by atoms with Crippen LogP contribution in [0, 0.1) is 13.8 Å². The van der Waals surface area contributed by atoms with Crippen molar-refractivity contribution in [1.82, 2.24) is 14.9 Å². The van der Waals surface area contributed by atoms with Gasteiger partial charge in [-0.25, -0.2) is 13.1 Å². The van der Waals surface area contributed by atoms with Crippen LogP contribution in [0.1, 0.15) is 37.6 Å². The zero-order valence-corrected chi connectivity index (χ0v) is 10.8. The zero-order chi connectivity index (χ0) is 12.2. The Morgan fingerprint density at radius 3 is 2.50 bits per heavy atom. The number of H-pyrrole nitrogens is 1. The first-order valence-electron chi connectivity index (χ1n) is 5.50. The van der Waals surface area contributed by atoms with Crippen molar-refractivity contribution < 1.29 is 8.42 Å². The molecule has 5 nitrogen and oxygen atoms in total. The third kappa shape index (κ3) is 3.05. The summed E-state index contributed by atoms with van der Waals surface area (Å²) >= 11 is 0. The second-order valence-electron chi connectivity index (χ2n) is 3.87. The van der Waals surface area contributed by atoms with Crippen molar-refractivity contribution in [3.8, 4) is 0 Å². The molecule has 0 unspecified atom stereocenters. The molecule has 0 aliphatic heterocycles. The van der Waals surface area contributed by atoms with Crippen LogP contribution < -0.4 is 4.72 Å². The fourth-order valence-corrected chi connectivity index (χ4v) is 3.03. The van der Waals surface area contributed by atoms with Crippen LogP contribution in [0.15, 0.2) is 4.90 Å². The van der Waals surface area contributed by atoms with Gasteiger partial charge in [0.05, 0.1) is 11.4 Å². The Morgan fingerprint density at radius 2 is 2.00 bits per heavy atom. The minimum atomic E-state index is -3.40. The lowest BCUT2D eigenvalue weighted by molar-refractivity contribution is 0.575. The Balaban J connectivity index is 2.71. The fraction of sp³-hybridized carbons (Fsp3) is 0.700. The topological polar surface area (TPSA) is 74.8 Å². The maximum atomic E-state index is 11.9. The van der Waals surface area contributed by atoms with E-state index in [4.69, 9.17) is 0 Å². The molecule has 16 heavy (non-hydrogen) atoms. The molecule has 0 aliphatic rings. The maximum Gasteiger partial charge on any atom is 0.244 e. The van der Waals surface area contributed by atoms with Crippen LogP contribution in [-0.2, 0) is 10.0 Å². The highest BCUT2D eigenvalue weighted by Gasteiger charge is 2.21. The molecule has 0 saturated heterocycles. The van der Waals surface area contributed by atoms with Crippen molar-refractivity contribution in [3.05, 3.63) is 11.4 Å². The molecule has 0 bridgehead atoms. The highest BCUT2D eigenvalue weighted by Crippen LogP contribution is 2.15. The molecule has 0 fully saturated rings. The second kappa shape index (κ2) is 5.45. The number of aromatic amines is 1. The number of aromatic nitrogens is 2. The molecule has 0 aliphatic carbocycles. The lowest BCUT2D eigenvalue weighted by atomic mass is 10.3. The Bertz CT molecular complexity index is 417. The highest BCUT2D eigenvalue weighted by atomic mass is 32.2. The highest BCUT2D eigenvalue weighted by molar-refractivity contribution is 7.89. The molecule has 1 rings (SSSR count). The minimum Gasteiger partial charge on any atom is -0.281 e. The molecule has 1 aromatic rings. The van der Waals surface area contributed by atoms with Crippen LogP contribution in [-0.4, -0.2) is 25.2 Å². The van der Waals surface area contributed by atoms with Gasteiger partial charge < -0.3 is 0 Å². The van der Waals surface area contributed by atoms with E-state index in [1.165, 1.54) is 0 Å². The van der Waals surface area contributed by atoms with E-state index in [2.05, 4.69) is 21.8 Å². The third-order valence-electron chi connectivity index (χ3n) is 2.40. The van der Waals surface area contributed by atoms with E-state index in [1.807, 2.05) is 0 Å². The Labute approximate surface area is 96.7 Å². The van der Waals surface area contributed by atoms with Crippen molar-refractivity contribution in [2.45, 2.75) is 44.9 Å². The molecule has 2 N–H and O–H groups in total. The van der Waals surface area contributed by atoms with Gasteiger partial charge in [0.2, 0.25) is 10.0 Å². The summed E-state index contributed by atoms with van der Waals surface area (Å²) in [5.74, 6) is 0. The standard InChI is InChI=1S/C10H19N3O2S/c1-4-5-6-7-11-16(14,15)10-8(2)12-13-9(10)3/h11H,4-7H2,1-3H3,(H,12,13). The molecule has 0 radical (unpaired) electrons. The van der Waals surface area contributed by atoms with E-state index in [0.717, 1.165) is 19.3 Å². The molecule has 0 aromatic carbocycles.